The number of amides is 1. The molecule has 4 aromatic rings. The van der Waals surface area contributed by atoms with Crippen LogP contribution in [0.4, 0.5) is 15.9 Å². The Balaban J connectivity index is 1.38. The molecule has 40 heavy (non-hydrogen) atoms. The number of carbonyl (C=O) groups is 1. The first-order chi connectivity index (χ1) is 19.3. The Bertz CT molecular complexity index is 1750. The van der Waals surface area contributed by atoms with E-state index in [1.807, 2.05) is 57.2 Å². The largest absolute Gasteiger partial charge is 0.345 e. The third-order valence-electron chi connectivity index (χ3n) is 6.52. The van der Waals surface area contributed by atoms with Crippen molar-refractivity contribution in [2.24, 2.45) is 15.4 Å². The number of halogens is 1. The van der Waals surface area contributed by atoms with Crippen LogP contribution in [-0.4, -0.2) is 32.9 Å². The molecule has 0 unspecified atom stereocenters. The van der Waals surface area contributed by atoms with Crippen LogP contribution in [0.15, 0.2) is 77.1 Å². The molecule has 0 fully saturated rings. The molecule has 10 heteroatoms. The molecule has 2 aliphatic heterocycles. The van der Waals surface area contributed by atoms with Crippen molar-refractivity contribution in [1.82, 2.24) is 15.0 Å². The number of allylic oxidation sites excluding steroid dienone is 2. The van der Waals surface area contributed by atoms with Crippen LogP contribution >= 0.6 is 11.3 Å². The summed E-state index contributed by atoms with van der Waals surface area (Å²) in [5.41, 5.74) is 5.97. The summed E-state index contributed by atoms with van der Waals surface area (Å²) >= 11 is 1.08. The Morgan fingerprint density at radius 1 is 1.10 bits per heavy atom. The van der Waals surface area contributed by atoms with E-state index in [2.05, 4.69) is 30.6 Å². The fourth-order valence-corrected chi connectivity index (χ4v) is 5.16. The second-order valence-corrected chi connectivity index (χ2v) is 11.5. The van der Waals surface area contributed by atoms with Crippen LogP contribution < -0.4 is 10.6 Å². The highest BCUT2D eigenvalue weighted by Gasteiger charge is 2.24. The predicted octanol–water partition coefficient (Wildman–Crippen LogP) is 6.41. The van der Waals surface area contributed by atoms with Gasteiger partial charge >= 0.3 is 0 Å². The molecule has 0 saturated heterocycles. The summed E-state index contributed by atoms with van der Waals surface area (Å²) < 4.78 is 13.9. The highest BCUT2D eigenvalue weighted by molar-refractivity contribution is 7.11. The number of nitrogens with zero attached hydrogens (tertiary/aromatic N) is 4. The van der Waals surface area contributed by atoms with E-state index in [1.54, 1.807) is 31.0 Å². The molecule has 5 heterocycles. The first-order valence-electron chi connectivity index (χ1n) is 12.7. The molecule has 1 aromatic carbocycles. The van der Waals surface area contributed by atoms with Crippen LogP contribution in [0.3, 0.4) is 0 Å². The predicted molar refractivity (Wildman–Crippen MR) is 158 cm³/mol. The molecular weight excluding hydrogens is 525 g/mol. The van der Waals surface area contributed by atoms with Crippen molar-refractivity contribution < 1.29 is 9.18 Å². The lowest BCUT2D eigenvalue weighted by Gasteiger charge is -2.18. The Kier molecular flexibility index (Phi) is 6.47. The van der Waals surface area contributed by atoms with E-state index in [4.69, 9.17) is 4.98 Å². The fourth-order valence-electron chi connectivity index (χ4n) is 4.40. The van der Waals surface area contributed by atoms with Crippen molar-refractivity contribution in [2.45, 2.75) is 27.3 Å². The highest BCUT2D eigenvalue weighted by Crippen LogP contribution is 2.34. The Labute approximate surface area is 234 Å². The summed E-state index contributed by atoms with van der Waals surface area (Å²) in [6, 6.07) is 11.2. The Morgan fingerprint density at radius 2 is 1.98 bits per heavy atom. The zero-order valence-corrected chi connectivity index (χ0v) is 22.9. The minimum atomic E-state index is -0.524. The number of benzene rings is 1. The fraction of sp³-hybridized carbons (Fsp3) is 0.167. The topological polar surface area (TPSA) is 107 Å². The van der Waals surface area contributed by atoms with E-state index >= 15 is 0 Å². The molecule has 0 spiro atoms. The first-order valence-corrected chi connectivity index (χ1v) is 13.5. The molecule has 0 bridgehead atoms. The number of aromatic nitrogens is 3. The van der Waals surface area contributed by atoms with Crippen LogP contribution in [0.5, 0.6) is 0 Å². The standard InChI is InChI=1S/C30H26FN7OS/c1-30(2,3)29(39)36-20-11-19(14-32-15-20)17-6-7-18-13-33-16-35-25(22(18)12-17)28-37-26-21(23-8-9-24(31)40-23)5-4-10-34-27(26)38-28/h4-12,14-16,34H,13H2,1-3H3,(H,36,39)(H,37,38). The van der Waals surface area contributed by atoms with Gasteiger partial charge in [0.15, 0.2) is 16.8 Å². The van der Waals surface area contributed by atoms with Gasteiger partial charge in [-0.15, -0.1) is 11.3 Å². The number of hydrogen-bond donors (Lipinski definition) is 3. The maximum atomic E-state index is 13.9. The molecule has 0 saturated carbocycles. The average molecular weight is 552 g/mol. The molecule has 6 rings (SSSR count). The van der Waals surface area contributed by atoms with Crippen molar-refractivity contribution in [2.75, 3.05) is 10.6 Å². The molecule has 0 radical (unpaired) electrons. The molecular formula is C30H26FN7OS. The molecule has 200 valence electrons. The number of carbonyl (C=O) groups excluding carboxylic acids is 1. The lowest BCUT2D eigenvalue weighted by atomic mass is 9.95. The van der Waals surface area contributed by atoms with Crippen LogP contribution in [0, 0.1) is 10.5 Å². The molecule has 3 aromatic heterocycles. The first kappa shape index (κ1) is 25.6. The lowest BCUT2D eigenvalue weighted by molar-refractivity contribution is -0.123. The zero-order chi connectivity index (χ0) is 27.9. The van der Waals surface area contributed by atoms with Gasteiger partial charge in [0.2, 0.25) is 5.91 Å². The number of nitrogens with one attached hydrogen (secondary N) is 3. The summed E-state index contributed by atoms with van der Waals surface area (Å²) in [5.74, 6) is 1.10. The number of hydrogen-bond acceptors (Lipinski definition) is 7. The zero-order valence-electron chi connectivity index (χ0n) is 22.1. The van der Waals surface area contributed by atoms with Crippen molar-refractivity contribution >= 4 is 46.4 Å². The minimum absolute atomic E-state index is 0.0836. The number of pyridine rings is 1. The maximum absolute atomic E-state index is 13.9. The van der Waals surface area contributed by atoms with Gasteiger partial charge in [-0.05, 0) is 47.5 Å². The minimum Gasteiger partial charge on any atom is -0.345 e. The summed E-state index contributed by atoms with van der Waals surface area (Å²) in [6.07, 6.45) is 10.5. The maximum Gasteiger partial charge on any atom is 0.229 e. The lowest BCUT2D eigenvalue weighted by Crippen LogP contribution is -2.27. The van der Waals surface area contributed by atoms with Gasteiger partial charge in [-0.3, -0.25) is 14.8 Å². The molecule has 0 aliphatic carbocycles. The quantitative estimate of drug-likeness (QED) is 0.273. The van der Waals surface area contributed by atoms with Gasteiger partial charge in [0.05, 0.1) is 24.1 Å². The number of rotatable bonds is 4. The van der Waals surface area contributed by atoms with Gasteiger partial charge in [-0.2, -0.15) is 4.39 Å². The molecule has 3 N–H and O–H groups in total. The van der Waals surface area contributed by atoms with Gasteiger partial charge in [0.1, 0.15) is 12.1 Å². The second-order valence-electron chi connectivity index (χ2n) is 10.5. The van der Waals surface area contributed by atoms with E-state index in [-0.39, 0.29) is 11.0 Å². The van der Waals surface area contributed by atoms with Crippen molar-refractivity contribution in [3.8, 4) is 11.1 Å². The van der Waals surface area contributed by atoms with Gasteiger partial charge in [-0.1, -0.05) is 32.9 Å². The molecule has 1 amide bonds. The molecule has 8 nitrogen and oxygen atoms in total. The van der Waals surface area contributed by atoms with Crippen LogP contribution in [0.25, 0.3) is 16.7 Å². The number of aliphatic imine (C=N–C) groups is 2. The van der Waals surface area contributed by atoms with Crippen molar-refractivity contribution in [1.29, 1.82) is 0 Å². The Hall–Kier alpha value is -4.70. The van der Waals surface area contributed by atoms with E-state index in [0.717, 1.165) is 49.7 Å². The third kappa shape index (κ3) is 5.01. The smallest absolute Gasteiger partial charge is 0.229 e. The van der Waals surface area contributed by atoms with E-state index in [0.29, 0.717) is 29.6 Å². The second kappa shape index (κ2) is 10.1. The number of fused-ring (bicyclic) bond motifs is 2. The monoisotopic (exact) mass is 551 g/mol. The van der Waals surface area contributed by atoms with Crippen LogP contribution in [0.2, 0.25) is 0 Å². The summed E-state index contributed by atoms with van der Waals surface area (Å²) in [7, 11) is 0. The summed E-state index contributed by atoms with van der Waals surface area (Å²) in [5, 5.41) is 5.91. The van der Waals surface area contributed by atoms with E-state index < -0.39 is 5.41 Å². The Morgan fingerprint density at radius 3 is 2.77 bits per heavy atom. The highest BCUT2D eigenvalue weighted by atomic mass is 32.1. The molecule has 0 atom stereocenters. The van der Waals surface area contributed by atoms with Crippen LogP contribution in [0.1, 0.15) is 48.3 Å². The van der Waals surface area contributed by atoms with E-state index in [9.17, 15) is 9.18 Å². The van der Waals surface area contributed by atoms with Gasteiger partial charge in [-0.25, -0.2) is 9.98 Å². The molecule has 2 aliphatic rings. The van der Waals surface area contributed by atoms with Gasteiger partial charge in [0, 0.05) is 39.4 Å². The average Bonchev–Trinajstić information content (AvgIpc) is 3.41. The normalized spacial score (nSPS) is 14.3. The number of aromatic amines is 1. The summed E-state index contributed by atoms with van der Waals surface area (Å²) in [4.78, 5) is 35.0. The van der Waals surface area contributed by atoms with Crippen molar-refractivity contribution in [3.05, 3.63) is 99.8 Å². The number of anilines is 2. The SMILES string of the molecule is CC(C)(C)C(=O)Nc1cncc(-c2ccc3c(c2)C(c2nc4c([nH]2)C(c2ccc(F)s2)=CC=CN4)=NC=NC3)c1. The van der Waals surface area contributed by atoms with Gasteiger partial charge < -0.3 is 15.6 Å². The van der Waals surface area contributed by atoms with E-state index in [1.165, 1.54) is 6.07 Å². The number of H-pyrrole nitrogens is 1. The van der Waals surface area contributed by atoms with Crippen molar-refractivity contribution in [3.63, 3.8) is 0 Å². The number of imidazole rings is 1. The summed E-state index contributed by atoms with van der Waals surface area (Å²) in [6.45, 7) is 6.08. The van der Waals surface area contributed by atoms with Gasteiger partial charge in [0.25, 0.3) is 0 Å². The number of thiophene rings is 1. The van der Waals surface area contributed by atoms with Crippen LogP contribution in [-0.2, 0) is 11.3 Å². The third-order valence-corrected chi connectivity index (χ3v) is 7.43.